The number of nitrogens with zero attached hydrogens (tertiary/aromatic N) is 5. The molecule has 7 heteroatoms. The van der Waals surface area contributed by atoms with Gasteiger partial charge in [-0.1, -0.05) is 6.07 Å². The van der Waals surface area contributed by atoms with Gasteiger partial charge in [-0.2, -0.15) is 0 Å². The zero-order valence-corrected chi connectivity index (χ0v) is 7.95. The van der Waals surface area contributed by atoms with Crippen molar-refractivity contribution in [1.82, 2.24) is 25.2 Å². The molecule has 0 bridgehead atoms. The maximum Gasteiger partial charge on any atom is 0.350 e. The second kappa shape index (κ2) is 3.82. The molecule has 0 fully saturated rings. The third-order valence-electron chi connectivity index (χ3n) is 1.68. The number of tetrazole rings is 1. The predicted octanol–water partition coefficient (Wildman–Crippen LogP) is 0.457. The molecule has 1 amide bonds. The highest BCUT2D eigenvalue weighted by Gasteiger charge is 2.06. The van der Waals surface area contributed by atoms with Crippen LogP contribution in [0.25, 0.3) is 0 Å². The van der Waals surface area contributed by atoms with E-state index in [0.29, 0.717) is 5.82 Å². The molecule has 76 valence electrons. The number of anilines is 1. The molecule has 15 heavy (non-hydrogen) atoms. The first-order valence-electron chi connectivity index (χ1n) is 4.24. The van der Waals surface area contributed by atoms with E-state index in [1.165, 1.54) is 6.33 Å². The van der Waals surface area contributed by atoms with Crippen LogP contribution in [0.3, 0.4) is 0 Å². The van der Waals surface area contributed by atoms with Crippen LogP contribution in [0.4, 0.5) is 10.6 Å². The van der Waals surface area contributed by atoms with Crippen LogP contribution >= 0.6 is 0 Å². The van der Waals surface area contributed by atoms with Gasteiger partial charge in [0, 0.05) is 5.69 Å². The number of hydrogen-bond donors (Lipinski definition) is 1. The maximum atomic E-state index is 11.5. The van der Waals surface area contributed by atoms with Crippen LogP contribution < -0.4 is 5.32 Å². The molecule has 0 atom stereocenters. The van der Waals surface area contributed by atoms with Crippen molar-refractivity contribution < 1.29 is 4.79 Å². The third-order valence-corrected chi connectivity index (χ3v) is 1.68. The molecule has 0 aliphatic carbocycles. The highest BCUT2D eigenvalue weighted by molar-refractivity contribution is 5.89. The van der Waals surface area contributed by atoms with Crippen LogP contribution in [0.5, 0.6) is 0 Å². The van der Waals surface area contributed by atoms with E-state index in [1.54, 1.807) is 12.1 Å². The lowest BCUT2D eigenvalue weighted by Crippen LogP contribution is -2.20. The van der Waals surface area contributed by atoms with E-state index >= 15 is 0 Å². The molecule has 0 saturated heterocycles. The van der Waals surface area contributed by atoms with Crippen LogP contribution in [0, 0.1) is 6.92 Å². The zero-order valence-electron chi connectivity index (χ0n) is 7.95. The fourth-order valence-corrected chi connectivity index (χ4v) is 1.03. The summed E-state index contributed by atoms with van der Waals surface area (Å²) in [4.78, 5) is 15.6. The van der Waals surface area contributed by atoms with Gasteiger partial charge in [0.15, 0.2) is 0 Å². The Balaban J connectivity index is 2.13. The Morgan fingerprint density at radius 1 is 1.47 bits per heavy atom. The molecule has 0 aliphatic rings. The Hall–Kier alpha value is -2.31. The number of aryl methyl sites for hydroxylation is 1. The van der Waals surface area contributed by atoms with E-state index in [4.69, 9.17) is 0 Å². The van der Waals surface area contributed by atoms with Crippen LogP contribution in [0.15, 0.2) is 24.5 Å². The van der Waals surface area contributed by atoms with Crippen molar-refractivity contribution in [3.05, 3.63) is 30.2 Å². The van der Waals surface area contributed by atoms with E-state index < -0.39 is 6.03 Å². The lowest BCUT2D eigenvalue weighted by atomic mass is 10.4. The van der Waals surface area contributed by atoms with Crippen molar-refractivity contribution in [2.75, 3.05) is 5.32 Å². The zero-order chi connectivity index (χ0) is 10.7. The molecule has 2 heterocycles. The minimum absolute atomic E-state index is 0.446. The molecule has 0 unspecified atom stereocenters. The lowest BCUT2D eigenvalue weighted by molar-refractivity contribution is 0.250. The van der Waals surface area contributed by atoms with Crippen molar-refractivity contribution in [2.45, 2.75) is 6.92 Å². The van der Waals surface area contributed by atoms with Gasteiger partial charge in [0.25, 0.3) is 0 Å². The average Bonchev–Trinajstić information content (AvgIpc) is 2.70. The first-order chi connectivity index (χ1) is 7.25. The molecular formula is C8H8N6O. The molecule has 7 nitrogen and oxygen atoms in total. The van der Waals surface area contributed by atoms with Gasteiger partial charge in [-0.25, -0.2) is 9.78 Å². The number of amides is 1. The fraction of sp³-hybridized carbons (Fsp3) is 0.125. The minimum atomic E-state index is -0.446. The smallest absolute Gasteiger partial charge is 0.290 e. The van der Waals surface area contributed by atoms with E-state index in [2.05, 4.69) is 25.8 Å². The summed E-state index contributed by atoms with van der Waals surface area (Å²) in [7, 11) is 0. The molecule has 0 aromatic carbocycles. The summed E-state index contributed by atoms with van der Waals surface area (Å²) in [5, 5.41) is 12.7. The van der Waals surface area contributed by atoms with Crippen molar-refractivity contribution in [3.63, 3.8) is 0 Å². The Morgan fingerprint density at radius 3 is 3.00 bits per heavy atom. The molecule has 2 rings (SSSR count). The third kappa shape index (κ3) is 2.13. The number of carbonyl (C=O) groups excluding carboxylic acids is 1. The van der Waals surface area contributed by atoms with Crippen LogP contribution in [0.2, 0.25) is 0 Å². The topological polar surface area (TPSA) is 85.6 Å². The molecule has 0 radical (unpaired) electrons. The number of hydrogen-bond acceptors (Lipinski definition) is 5. The number of carbonyl (C=O) groups is 1. The van der Waals surface area contributed by atoms with Crippen molar-refractivity contribution in [1.29, 1.82) is 0 Å². The Kier molecular flexibility index (Phi) is 2.36. The van der Waals surface area contributed by atoms with Gasteiger partial charge in [0.05, 0.1) is 0 Å². The van der Waals surface area contributed by atoms with Gasteiger partial charge < -0.3 is 0 Å². The normalized spacial score (nSPS) is 9.93. The largest absolute Gasteiger partial charge is 0.350 e. The summed E-state index contributed by atoms with van der Waals surface area (Å²) in [6, 6.07) is 4.89. The van der Waals surface area contributed by atoms with Gasteiger partial charge >= 0.3 is 6.03 Å². The predicted molar refractivity (Wildman–Crippen MR) is 51.2 cm³/mol. The van der Waals surface area contributed by atoms with Crippen LogP contribution in [-0.4, -0.2) is 31.2 Å². The maximum absolute atomic E-state index is 11.5. The van der Waals surface area contributed by atoms with Crippen molar-refractivity contribution >= 4 is 11.8 Å². The Bertz CT molecular complexity index is 466. The monoisotopic (exact) mass is 204 g/mol. The SMILES string of the molecule is Cc1cccc(NC(=O)n2cnnn2)n1. The van der Waals surface area contributed by atoms with Gasteiger partial charge in [-0.3, -0.25) is 5.32 Å². The molecule has 1 N–H and O–H groups in total. The molecule has 0 saturated carbocycles. The second-order valence-electron chi connectivity index (χ2n) is 2.85. The first-order valence-corrected chi connectivity index (χ1v) is 4.24. The van der Waals surface area contributed by atoms with E-state index in [9.17, 15) is 4.79 Å². The molecule has 2 aromatic heterocycles. The highest BCUT2D eigenvalue weighted by atomic mass is 16.2. The van der Waals surface area contributed by atoms with Gasteiger partial charge in [-0.15, -0.1) is 9.78 Å². The van der Waals surface area contributed by atoms with E-state index in [1.807, 2.05) is 13.0 Å². The Morgan fingerprint density at radius 2 is 2.33 bits per heavy atom. The minimum Gasteiger partial charge on any atom is -0.290 e. The molecule has 0 aliphatic heterocycles. The standard InChI is InChI=1S/C8H8N6O/c1-6-3-2-4-7(10-6)11-8(15)14-5-9-12-13-14/h2-5H,1H3,(H,10,11,15). The number of rotatable bonds is 1. The van der Waals surface area contributed by atoms with Crippen LogP contribution in [-0.2, 0) is 0 Å². The first kappa shape index (κ1) is 9.25. The van der Waals surface area contributed by atoms with Gasteiger partial charge in [-0.05, 0) is 29.5 Å². The van der Waals surface area contributed by atoms with Crippen molar-refractivity contribution in [3.8, 4) is 0 Å². The quantitative estimate of drug-likeness (QED) is 0.682. The highest BCUT2D eigenvalue weighted by Crippen LogP contribution is 2.03. The molecule has 2 aromatic rings. The van der Waals surface area contributed by atoms with E-state index in [-0.39, 0.29) is 0 Å². The van der Waals surface area contributed by atoms with Gasteiger partial charge in [0.2, 0.25) is 0 Å². The lowest BCUT2D eigenvalue weighted by Gasteiger charge is -2.02. The van der Waals surface area contributed by atoms with Crippen molar-refractivity contribution in [2.24, 2.45) is 0 Å². The molecular weight excluding hydrogens is 196 g/mol. The molecule has 0 spiro atoms. The second-order valence-corrected chi connectivity index (χ2v) is 2.85. The number of pyridine rings is 1. The van der Waals surface area contributed by atoms with Crippen LogP contribution in [0.1, 0.15) is 5.69 Å². The summed E-state index contributed by atoms with van der Waals surface area (Å²) >= 11 is 0. The number of nitrogens with one attached hydrogen (secondary N) is 1. The number of aromatic nitrogens is 5. The van der Waals surface area contributed by atoms with Gasteiger partial charge in [0.1, 0.15) is 12.1 Å². The average molecular weight is 204 g/mol. The summed E-state index contributed by atoms with van der Waals surface area (Å²) in [5.41, 5.74) is 0.824. The van der Waals surface area contributed by atoms with E-state index in [0.717, 1.165) is 10.4 Å². The fourth-order valence-electron chi connectivity index (χ4n) is 1.03. The Labute approximate surface area is 85.1 Å². The summed E-state index contributed by atoms with van der Waals surface area (Å²) in [5.74, 6) is 0.468. The summed E-state index contributed by atoms with van der Waals surface area (Å²) in [6.07, 6.45) is 1.21. The summed E-state index contributed by atoms with van der Waals surface area (Å²) in [6.45, 7) is 1.84. The summed E-state index contributed by atoms with van der Waals surface area (Å²) < 4.78 is 0.990.